The summed E-state index contributed by atoms with van der Waals surface area (Å²) in [4.78, 5) is 27.7. The highest BCUT2D eigenvalue weighted by atomic mass is 35.5. The van der Waals surface area contributed by atoms with Gasteiger partial charge in [0.15, 0.2) is 6.42 Å². The number of ether oxygens (including phenoxy) is 2. The number of rotatable bonds is 20. The zero-order chi connectivity index (χ0) is 36.7. The van der Waals surface area contributed by atoms with Gasteiger partial charge in [-0.25, -0.2) is 9.59 Å². The zero-order valence-corrected chi connectivity index (χ0v) is 33.0. The average Bonchev–Trinajstić information content (AvgIpc) is 3.16. The van der Waals surface area contributed by atoms with Crippen molar-refractivity contribution in [1.29, 1.82) is 0 Å². The largest absolute Gasteiger partial charge is 1.00 e. The Kier molecular flexibility index (Phi) is 19.2. The fraction of sp³-hybridized carbons (Fsp3) is 0.395. The molecule has 2 unspecified atom stereocenters. The molecule has 0 aromatic heterocycles. The van der Waals surface area contributed by atoms with E-state index >= 15 is 0 Å². The van der Waals surface area contributed by atoms with E-state index in [1.807, 2.05) is 113 Å². The molecule has 4 aromatic carbocycles. The summed E-state index contributed by atoms with van der Waals surface area (Å²) in [5, 5.41) is 22.0. The molecule has 2 atom stereocenters. The fourth-order valence-electron chi connectivity index (χ4n) is 6.70. The number of amides is 2. The van der Waals surface area contributed by atoms with E-state index in [-0.39, 0.29) is 78.3 Å². The number of carbonyl (C=O) groups excluding carboxylic acids is 2. The summed E-state index contributed by atoms with van der Waals surface area (Å²) in [6, 6.07) is 36.1. The van der Waals surface area contributed by atoms with E-state index in [2.05, 4.69) is 24.3 Å². The molecular weight excluding hydrogens is 711 g/mol. The molecule has 0 radical (unpaired) electrons. The highest BCUT2D eigenvalue weighted by molar-refractivity contribution is 5.90. The lowest BCUT2D eigenvalue weighted by Crippen LogP contribution is -3.00. The van der Waals surface area contributed by atoms with Crippen LogP contribution in [0.25, 0.3) is 0 Å². The predicted octanol–water partition coefficient (Wildman–Crippen LogP) is 0.212. The summed E-state index contributed by atoms with van der Waals surface area (Å²) in [6.07, 6.45) is -0.446. The van der Waals surface area contributed by atoms with Gasteiger partial charge in [0.2, 0.25) is 0 Å². The van der Waals surface area contributed by atoms with E-state index in [0.717, 1.165) is 24.0 Å². The highest BCUT2D eigenvalue weighted by Crippen LogP contribution is 2.21. The molecule has 0 aliphatic carbocycles. The minimum Gasteiger partial charge on any atom is -1.00 e. The summed E-state index contributed by atoms with van der Waals surface area (Å²) >= 11 is 0. The van der Waals surface area contributed by atoms with Crippen LogP contribution in [0.4, 0.5) is 0 Å². The Balaban J connectivity index is 0.00000486. The number of halogens is 2. The number of hydrogen-bond donors (Lipinski definition) is 2. The van der Waals surface area contributed by atoms with Gasteiger partial charge in [-0.1, -0.05) is 84.9 Å². The lowest BCUT2D eigenvalue weighted by atomic mass is 10.1. The van der Waals surface area contributed by atoms with Gasteiger partial charge < -0.3 is 44.5 Å². The maximum absolute atomic E-state index is 13.9. The van der Waals surface area contributed by atoms with Crippen molar-refractivity contribution in [3.05, 3.63) is 131 Å². The SMILES string of the molecule is CC[N+](CC)(CC(O)COc1ccc(Cc2ccccc2)cc1)C(=O)CC(=O)[N+](CC)(CC)CC(O)COc1ccc(Cc2ccccc2)cc1.[Cl-].[Cl-]. The number of likely N-dealkylation sites (N-methyl/N-ethyl adjacent to an activating group) is 2. The van der Waals surface area contributed by atoms with Crippen molar-refractivity contribution in [3.8, 4) is 11.5 Å². The Bertz CT molecular complexity index is 1510. The molecule has 0 aliphatic rings. The summed E-state index contributed by atoms with van der Waals surface area (Å²) in [7, 11) is 0. The van der Waals surface area contributed by atoms with Crippen molar-refractivity contribution in [2.75, 3.05) is 52.5 Å². The molecular formula is C43H56Cl2N2O6. The summed E-state index contributed by atoms with van der Waals surface area (Å²) in [6.45, 7) is 9.72. The number of carbonyl (C=O) groups is 2. The second-order valence-corrected chi connectivity index (χ2v) is 13.4. The average molecular weight is 768 g/mol. The standard InChI is InChI=1S/C43H56N2O6.2ClH/c1-5-44(6-2,30-38(46)32-50-40-23-19-36(20-24-40)27-34-15-11-9-12-16-34)42(48)29-43(49)45(7-3,8-4)31-39(47)33-51-41-25-21-37(22-26-41)28-35-17-13-10-14-18-35;;/h9-26,38-39,46-47H,5-8,27-33H2,1-4H3;2*1H/q+2;;/p-2. The first-order valence-electron chi connectivity index (χ1n) is 18.3. The fourth-order valence-corrected chi connectivity index (χ4v) is 6.70. The predicted molar refractivity (Wildman–Crippen MR) is 201 cm³/mol. The summed E-state index contributed by atoms with van der Waals surface area (Å²) in [5.41, 5.74) is 4.78. The van der Waals surface area contributed by atoms with Gasteiger partial charge in [-0.2, -0.15) is 0 Å². The third-order valence-electron chi connectivity index (χ3n) is 10.1. The summed E-state index contributed by atoms with van der Waals surface area (Å²) < 4.78 is 11.7. The molecule has 4 rings (SSSR count). The Morgan fingerprint density at radius 2 is 0.811 bits per heavy atom. The molecule has 0 saturated carbocycles. The number of aliphatic hydroxyl groups is 2. The van der Waals surface area contributed by atoms with Crippen molar-refractivity contribution in [1.82, 2.24) is 0 Å². The lowest BCUT2D eigenvalue weighted by molar-refractivity contribution is -0.862. The van der Waals surface area contributed by atoms with Crippen LogP contribution in [0.1, 0.15) is 56.4 Å². The summed E-state index contributed by atoms with van der Waals surface area (Å²) in [5.74, 6) is 0.822. The van der Waals surface area contributed by atoms with E-state index < -0.39 is 12.2 Å². The van der Waals surface area contributed by atoms with E-state index in [1.54, 1.807) is 0 Å². The zero-order valence-electron chi connectivity index (χ0n) is 31.5. The molecule has 0 aliphatic heterocycles. The van der Waals surface area contributed by atoms with Gasteiger partial charge in [0.05, 0.1) is 26.2 Å². The molecule has 10 heteroatoms. The van der Waals surface area contributed by atoms with Gasteiger partial charge in [0.1, 0.15) is 50.0 Å². The molecule has 0 fully saturated rings. The minimum absolute atomic E-state index is 0. The van der Waals surface area contributed by atoms with Crippen LogP contribution in [0, 0.1) is 0 Å². The van der Waals surface area contributed by atoms with Crippen LogP contribution < -0.4 is 34.3 Å². The molecule has 0 bridgehead atoms. The molecule has 8 nitrogen and oxygen atoms in total. The third kappa shape index (κ3) is 13.2. The monoisotopic (exact) mass is 766 g/mol. The van der Waals surface area contributed by atoms with Crippen LogP contribution in [0.15, 0.2) is 109 Å². The molecule has 0 heterocycles. The van der Waals surface area contributed by atoms with Crippen molar-refractivity contribution >= 4 is 11.8 Å². The van der Waals surface area contributed by atoms with Gasteiger partial charge in [-0.05, 0) is 87.1 Å². The molecule has 2 N–H and O–H groups in total. The first-order chi connectivity index (χ1) is 24.6. The van der Waals surface area contributed by atoms with Gasteiger partial charge >= 0.3 is 11.8 Å². The van der Waals surface area contributed by atoms with Crippen LogP contribution in [0.2, 0.25) is 0 Å². The van der Waals surface area contributed by atoms with Crippen molar-refractivity contribution in [3.63, 3.8) is 0 Å². The van der Waals surface area contributed by atoms with Gasteiger partial charge in [-0.15, -0.1) is 0 Å². The number of quaternary nitrogens is 2. The second-order valence-electron chi connectivity index (χ2n) is 13.4. The number of aliphatic hydroxyl groups excluding tert-OH is 2. The van der Waals surface area contributed by atoms with Gasteiger partial charge in [0, 0.05) is 0 Å². The third-order valence-corrected chi connectivity index (χ3v) is 10.1. The van der Waals surface area contributed by atoms with Crippen LogP contribution in [-0.2, 0) is 22.4 Å². The van der Waals surface area contributed by atoms with Crippen molar-refractivity contribution in [2.45, 2.75) is 59.2 Å². The molecule has 288 valence electrons. The first kappa shape index (κ1) is 45.4. The van der Waals surface area contributed by atoms with E-state index in [4.69, 9.17) is 9.47 Å². The van der Waals surface area contributed by atoms with Crippen LogP contribution >= 0.6 is 0 Å². The Morgan fingerprint density at radius 1 is 0.509 bits per heavy atom. The first-order valence-corrected chi connectivity index (χ1v) is 18.3. The maximum atomic E-state index is 13.9. The van der Waals surface area contributed by atoms with E-state index in [0.29, 0.717) is 37.7 Å². The van der Waals surface area contributed by atoms with E-state index in [1.165, 1.54) is 11.1 Å². The van der Waals surface area contributed by atoms with Crippen LogP contribution in [-0.4, -0.2) is 95.7 Å². The van der Waals surface area contributed by atoms with E-state index in [9.17, 15) is 19.8 Å². The molecule has 53 heavy (non-hydrogen) atoms. The molecule has 2 amide bonds. The Morgan fingerprint density at radius 3 is 1.11 bits per heavy atom. The highest BCUT2D eigenvalue weighted by Gasteiger charge is 2.43. The number of nitrogens with zero attached hydrogens (tertiary/aromatic N) is 2. The smallest absolute Gasteiger partial charge is 0.327 e. The number of hydrogen-bond acceptors (Lipinski definition) is 6. The second kappa shape index (κ2) is 22.5. The van der Waals surface area contributed by atoms with Crippen LogP contribution in [0.5, 0.6) is 11.5 Å². The Labute approximate surface area is 328 Å². The topological polar surface area (TPSA) is 93.1 Å². The maximum Gasteiger partial charge on any atom is 0.327 e. The van der Waals surface area contributed by atoms with Gasteiger partial charge in [-0.3, -0.25) is 8.97 Å². The lowest BCUT2D eigenvalue weighted by Gasteiger charge is -2.38. The van der Waals surface area contributed by atoms with Crippen molar-refractivity contribution < 1.29 is 63.1 Å². The molecule has 0 saturated heterocycles. The quantitative estimate of drug-likeness (QED) is 0.0989. The minimum atomic E-state index is -0.907. The normalized spacial score (nSPS) is 12.5. The Hall–Kier alpha value is -3.76. The number of benzene rings is 4. The van der Waals surface area contributed by atoms with Gasteiger partial charge in [0.25, 0.3) is 0 Å². The molecule has 4 aromatic rings. The van der Waals surface area contributed by atoms with Crippen molar-refractivity contribution in [2.24, 2.45) is 0 Å². The molecule has 0 spiro atoms. The van der Waals surface area contributed by atoms with Crippen LogP contribution in [0.3, 0.4) is 0 Å².